The summed E-state index contributed by atoms with van der Waals surface area (Å²) in [5.74, 6) is -0.911. The largest absolute Gasteiger partial charge is 0.378 e. The van der Waals surface area contributed by atoms with Gasteiger partial charge in [-0.1, -0.05) is 0 Å². The molecule has 1 aliphatic rings. The van der Waals surface area contributed by atoms with E-state index in [1.54, 1.807) is 41.3 Å². The summed E-state index contributed by atoms with van der Waals surface area (Å²) in [7, 11) is -3.77. The number of ether oxygens (including phenoxy) is 1. The Labute approximate surface area is 192 Å². The third-order valence-corrected chi connectivity index (χ3v) is 6.02. The van der Waals surface area contributed by atoms with Crippen LogP contribution in [0.15, 0.2) is 48.5 Å². The lowest BCUT2D eigenvalue weighted by atomic mass is 10.1. The minimum absolute atomic E-state index is 0.156. The summed E-state index contributed by atoms with van der Waals surface area (Å²) in [5, 5.41) is 5.26. The third kappa shape index (κ3) is 6.77. The molecule has 0 spiro atoms. The summed E-state index contributed by atoms with van der Waals surface area (Å²) in [6, 6.07) is 12.5. The molecule has 3 amide bonds. The Morgan fingerprint density at radius 1 is 0.939 bits per heavy atom. The zero-order valence-corrected chi connectivity index (χ0v) is 19.2. The van der Waals surface area contributed by atoms with Crippen LogP contribution in [0.5, 0.6) is 0 Å². The minimum atomic E-state index is -3.77. The third-order valence-electron chi connectivity index (χ3n) is 4.88. The molecule has 0 unspecified atom stereocenters. The maximum atomic E-state index is 12.6. The molecule has 0 bridgehead atoms. The lowest BCUT2D eigenvalue weighted by Gasteiger charge is -2.27. The summed E-state index contributed by atoms with van der Waals surface area (Å²) in [6.07, 6.45) is 1.01. The number of sulfonamides is 1. The Bertz CT molecular complexity index is 1110. The van der Waals surface area contributed by atoms with E-state index in [2.05, 4.69) is 10.6 Å². The average molecular weight is 475 g/mol. The summed E-state index contributed by atoms with van der Waals surface area (Å²) >= 11 is 0. The van der Waals surface area contributed by atoms with Gasteiger partial charge in [0.15, 0.2) is 0 Å². The van der Waals surface area contributed by atoms with E-state index in [9.17, 15) is 22.8 Å². The highest BCUT2D eigenvalue weighted by molar-refractivity contribution is 7.92. The standard InChI is InChI=1S/C22H26N4O6S/c1-16(27)23-18-5-7-19(8-6-18)24-21(28)15-26(33(2,30)31)20-9-3-17(4-10-20)22(29)25-11-13-32-14-12-25/h3-10H,11-15H2,1-2H3,(H,23,27)(H,24,28). The predicted octanol–water partition coefficient (Wildman–Crippen LogP) is 1.52. The fourth-order valence-electron chi connectivity index (χ4n) is 3.29. The van der Waals surface area contributed by atoms with Crippen LogP contribution in [-0.2, 0) is 24.3 Å². The lowest BCUT2D eigenvalue weighted by Crippen LogP contribution is -2.40. The first-order chi connectivity index (χ1) is 15.6. The Hall–Kier alpha value is -3.44. The second-order valence-corrected chi connectivity index (χ2v) is 9.43. The Kier molecular flexibility index (Phi) is 7.67. The molecule has 0 aliphatic carbocycles. The van der Waals surface area contributed by atoms with Gasteiger partial charge in [-0.15, -0.1) is 0 Å². The van der Waals surface area contributed by atoms with Crippen LogP contribution in [0.1, 0.15) is 17.3 Å². The molecule has 0 saturated carbocycles. The van der Waals surface area contributed by atoms with E-state index in [0.717, 1.165) is 10.6 Å². The predicted molar refractivity (Wildman–Crippen MR) is 125 cm³/mol. The highest BCUT2D eigenvalue weighted by Crippen LogP contribution is 2.20. The molecule has 1 aliphatic heterocycles. The number of carbonyl (C=O) groups is 3. The van der Waals surface area contributed by atoms with Gasteiger partial charge in [0.2, 0.25) is 21.8 Å². The van der Waals surface area contributed by atoms with Crippen LogP contribution in [0.3, 0.4) is 0 Å². The molecular formula is C22H26N4O6S. The van der Waals surface area contributed by atoms with Crippen molar-refractivity contribution in [2.45, 2.75) is 6.92 Å². The number of anilines is 3. The summed E-state index contributed by atoms with van der Waals surface area (Å²) in [4.78, 5) is 37.9. The normalized spacial score (nSPS) is 13.8. The maximum absolute atomic E-state index is 12.6. The number of carbonyl (C=O) groups excluding carboxylic acids is 3. The monoisotopic (exact) mass is 474 g/mol. The number of rotatable bonds is 7. The molecule has 3 rings (SSSR count). The molecule has 1 fully saturated rings. The first-order valence-electron chi connectivity index (χ1n) is 10.3. The van der Waals surface area contributed by atoms with Gasteiger partial charge in [-0.3, -0.25) is 18.7 Å². The lowest BCUT2D eigenvalue weighted by molar-refractivity contribution is -0.115. The van der Waals surface area contributed by atoms with Gasteiger partial charge in [0.25, 0.3) is 5.91 Å². The van der Waals surface area contributed by atoms with E-state index >= 15 is 0 Å². The van der Waals surface area contributed by atoms with Crippen LogP contribution in [0.2, 0.25) is 0 Å². The molecule has 0 aromatic heterocycles. The Morgan fingerprint density at radius 2 is 1.48 bits per heavy atom. The quantitative estimate of drug-likeness (QED) is 0.627. The zero-order valence-electron chi connectivity index (χ0n) is 18.4. The van der Waals surface area contributed by atoms with Crippen LogP contribution >= 0.6 is 0 Å². The molecule has 0 atom stereocenters. The molecule has 176 valence electrons. The smallest absolute Gasteiger partial charge is 0.254 e. The number of morpholine rings is 1. The maximum Gasteiger partial charge on any atom is 0.254 e. The molecule has 33 heavy (non-hydrogen) atoms. The van der Waals surface area contributed by atoms with E-state index in [0.29, 0.717) is 43.2 Å². The molecule has 2 N–H and O–H groups in total. The van der Waals surface area contributed by atoms with Gasteiger partial charge in [0.1, 0.15) is 6.54 Å². The van der Waals surface area contributed by atoms with Gasteiger partial charge in [0.05, 0.1) is 25.2 Å². The molecule has 2 aromatic rings. The number of benzene rings is 2. The average Bonchev–Trinajstić information content (AvgIpc) is 2.78. The molecule has 0 radical (unpaired) electrons. The van der Waals surface area contributed by atoms with E-state index in [4.69, 9.17) is 4.74 Å². The van der Waals surface area contributed by atoms with Crippen molar-refractivity contribution < 1.29 is 27.5 Å². The van der Waals surface area contributed by atoms with Crippen LogP contribution in [0, 0.1) is 0 Å². The fraction of sp³-hybridized carbons (Fsp3) is 0.318. The van der Waals surface area contributed by atoms with Crippen molar-refractivity contribution in [2.24, 2.45) is 0 Å². The van der Waals surface area contributed by atoms with Gasteiger partial charge >= 0.3 is 0 Å². The molecular weight excluding hydrogens is 448 g/mol. The van der Waals surface area contributed by atoms with Crippen molar-refractivity contribution in [1.29, 1.82) is 0 Å². The number of hydrogen-bond acceptors (Lipinski definition) is 6. The van der Waals surface area contributed by atoms with E-state index < -0.39 is 22.5 Å². The number of nitrogens with zero attached hydrogens (tertiary/aromatic N) is 2. The summed E-state index contributed by atoms with van der Waals surface area (Å²) in [6.45, 7) is 2.92. The van der Waals surface area contributed by atoms with Gasteiger partial charge in [-0.25, -0.2) is 8.42 Å². The molecule has 11 heteroatoms. The van der Waals surface area contributed by atoms with Gasteiger partial charge in [0, 0.05) is 37.0 Å². The first-order valence-corrected chi connectivity index (χ1v) is 12.1. The first kappa shape index (κ1) is 24.2. The van der Waals surface area contributed by atoms with Gasteiger partial charge in [-0.05, 0) is 48.5 Å². The second-order valence-electron chi connectivity index (χ2n) is 7.53. The highest BCUT2D eigenvalue weighted by atomic mass is 32.2. The van der Waals surface area contributed by atoms with E-state index in [1.165, 1.54) is 19.1 Å². The van der Waals surface area contributed by atoms with Crippen LogP contribution in [0.25, 0.3) is 0 Å². The van der Waals surface area contributed by atoms with Crippen molar-refractivity contribution in [3.05, 3.63) is 54.1 Å². The zero-order chi connectivity index (χ0) is 24.0. The Balaban J connectivity index is 1.68. The number of hydrogen-bond donors (Lipinski definition) is 2. The van der Waals surface area contributed by atoms with E-state index in [1.807, 2.05) is 0 Å². The molecule has 2 aromatic carbocycles. The van der Waals surface area contributed by atoms with E-state index in [-0.39, 0.29) is 17.5 Å². The van der Waals surface area contributed by atoms with Crippen molar-refractivity contribution in [2.75, 3.05) is 54.0 Å². The van der Waals surface area contributed by atoms with Crippen LogP contribution < -0.4 is 14.9 Å². The summed E-state index contributed by atoms with van der Waals surface area (Å²) < 4.78 is 30.9. The topological polar surface area (TPSA) is 125 Å². The van der Waals surface area contributed by atoms with Crippen molar-refractivity contribution >= 4 is 44.8 Å². The Morgan fingerprint density at radius 3 is 2.00 bits per heavy atom. The van der Waals surface area contributed by atoms with Crippen molar-refractivity contribution in [3.8, 4) is 0 Å². The number of nitrogens with one attached hydrogen (secondary N) is 2. The molecule has 10 nitrogen and oxygen atoms in total. The second kappa shape index (κ2) is 10.5. The fourth-order valence-corrected chi connectivity index (χ4v) is 4.15. The van der Waals surface area contributed by atoms with Crippen molar-refractivity contribution in [3.63, 3.8) is 0 Å². The summed E-state index contributed by atoms with van der Waals surface area (Å²) in [5.41, 5.74) is 1.73. The minimum Gasteiger partial charge on any atom is -0.378 e. The molecule has 1 saturated heterocycles. The SMILES string of the molecule is CC(=O)Nc1ccc(NC(=O)CN(c2ccc(C(=O)N3CCOCC3)cc2)S(C)(=O)=O)cc1. The highest BCUT2D eigenvalue weighted by Gasteiger charge is 2.23. The molecule has 1 heterocycles. The van der Waals surface area contributed by atoms with Gasteiger partial charge < -0.3 is 20.3 Å². The van der Waals surface area contributed by atoms with Crippen LogP contribution in [-0.4, -0.2) is 70.1 Å². The number of amides is 3. The van der Waals surface area contributed by atoms with Gasteiger partial charge in [-0.2, -0.15) is 0 Å². The van der Waals surface area contributed by atoms with Crippen LogP contribution in [0.4, 0.5) is 17.1 Å². The van der Waals surface area contributed by atoms with Crippen molar-refractivity contribution in [1.82, 2.24) is 4.90 Å².